The third kappa shape index (κ3) is 3.22. The zero-order chi connectivity index (χ0) is 25.8. The number of aromatic nitrogens is 2. The van der Waals surface area contributed by atoms with Crippen molar-refractivity contribution in [3.63, 3.8) is 0 Å². The quantitative estimate of drug-likeness (QED) is 0.302. The zero-order valence-electron chi connectivity index (χ0n) is 19.9. The fraction of sp³-hybridized carbons (Fsp3) is 0.542. The van der Waals surface area contributed by atoms with E-state index in [2.05, 4.69) is 20.8 Å². The topological polar surface area (TPSA) is 133 Å². The summed E-state index contributed by atoms with van der Waals surface area (Å²) in [5, 5.41) is 30.0. The standard InChI is InChI=1S/C24H25F2N7O2S2/c25-19(26)24-9-18(24)37(34,31-24)14-7-16(32-5-3-22(4-6-32)12-35-13-22)15-10-30-33(17(15)8-14)21(29)36-20(28)23(11-27)1-2-23/h7-8,10,19,28-29H,1-6,9,12-13H2,(H,31,34)/p+1. The van der Waals surface area contributed by atoms with E-state index in [1.165, 1.54) is 4.68 Å². The molecule has 5 aliphatic rings. The molecular formula is C24H26F2N7O2S2+. The van der Waals surface area contributed by atoms with E-state index in [4.69, 9.17) is 15.6 Å². The van der Waals surface area contributed by atoms with E-state index in [1.807, 2.05) is 6.07 Å². The Morgan fingerprint density at radius 3 is 2.57 bits per heavy atom. The SMILES string of the molecule is N#CC1(C(=[NH2+])SC(=N)n2ncc3c(N4CCC5(CC4)COC5)cc(S4(=O)=C5CC5(C(F)F)N4)cc32)CC1. The number of anilines is 1. The van der Waals surface area contributed by atoms with Crippen molar-refractivity contribution >= 4 is 53.1 Å². The van der Waals surface area contributed by atoms with Crippen LogP contribution in [0.4, 0.5) is 14.5 Å². The smallest absolute Gasteiger partial charge is 0.262 e. The molecule has 13 heteroatoms. The number of piperidine rings is 1. The second kappa shape index (κ2) is 7.53. The van der Waals surface area contributed by atoms with E-state index in [9.17, 15) is 18.3 Å². The first-order valence-electron chi connectivity index (χ1n) is 12.3. The Morgan fingerprint density at radius 1 is 1.30 bits per heavy atom. The van der Waals surface area contributed by atoms with Gasteiger partial charge in [0.25, 0.3) is 6.43 Å². The predicted octanol–water partition coefficient (Wildman–Crippen LogP) is 1.37. The van der Waals surface area contributed by atoms with Gasteiger partial charge in [-0.05, 0) is 37.8 Å². The molecule has 2 saturated carbocycles. The predicted molar refractivity (Wildman–Crippen MR) is 137 cm³/mol. The van der Waals surface area contributed by atoms with Crippen molar-refractivity contribution in [1.82, 2.24) is 14.5 Å². The molecule has 4 heterocycles. The van der Waals surface area contributed by atoms with E-state index in [-0.39, 0.29) is 17.0 Å². The fourth-order valence-corrected chi connectivity index (χ4v) is 9.43. The molecule has 2 unspecified atom stereocenters. The van der Waals surface area contributed by atoms with Gasteiger partial charge in [0, 0.05) is 57.5 Å². The molecule has 37 heavy (non-hydrogen) atoms. The number of fused-ring (bicyclic) bond motifs is 2. The first kappa shape index (κ1) is 23.6. The maximum Gasteiger partial charge on any atom is 0.262 e. The van der Waals surface area contributed by atoms with Gasteiger partial charge < -0.3 is 9.64 Å². The van der Waals surface area contributed by atoms with E-state index in [0.29, 0.717) is 33.2 Å². The van der Waals surface area contributed by atoms with Crippen LogP contribution >= 0.6 is 11.8 Å². The molecule has 4 fully saturated rings. The third-order valence-electron chi connectivity index (χ3n) is 8.65. The number of nitrogens with zero attached hydrogens (tertiary/aromatic N) is 4. The summed E-state index contributed by atoms with van der Waals surface area (Å²) in [6.45, 7) is 3.13. The number of hydrogen-bond donors (Lipinski definition) is 3. The van der Waals surface area contributed by atoms with Crippen molar-refractivity contribution in [2.24, 2.45) is 10.8 Å². The first-order chi connectivity index (χ1) is 17.7. The highest BCUT2D eigenvalue weighted by Gasteiger charge is 2.69. The van der Waals surface area contributed by atoms with E-state index in [0.717, 1.165) is 62.0 Å². The van der Waals surface area contributed by atoms with Gasteiger partial charge in [-0.1, -0.05) is 0 Å². The lowest BCUT2D eigenvalue weighted by Gasteiger charge is -2.48. The zero-order valence-corrected chi connectivity index (χ0v) is 21.6. The van der Waals surface area contributed by atoms with Gasteiger partial charge in [0.1, 0.15) is 11.0 Å². The van der Waals surface area contributed by atoms with Crippen molar-refractivity contribution in [1.29, 1.82) is 10.7 Å². The second-order valence-corrected chi connectivity index (χ2v) is 14.2. The number of hydrogen-bond acceptors (Lipinski definition) is 7. The van der Waals surface area contributed by atoms with E-state index >= 15 is 0 Å². The Kier molecular flexibility index (Phi) is 4.80. The van der Waals surface area contributed by atoms with Crippen LogP contribution in [0.3, 0.4) is 0 Å². The molecule has 2 saturated heterocycles. The van der Waals surface area contributed by atoms with Gasteiger partial charge in [-0.25, -0.2) is 22.4 Å². The number of thioether (sulfide) groups is 1. The maximum absolute atomic E-state index is 13.9. The molecule has 1 spiro atoms. The molecule has 2 aromatic rings. The Hall–Kier alpha value is -2.53. The van der Waals surface area contributed by atoms with Gasteiger partial charge in [0.15, 0.2) is 5.17 Å². The first-order valence-corrected chi connectivity index (χ1v) is 14.7. The average molecular weight is 547 g/mol. The minimum atomic E-state index is -2.96. The number of ether oxygens (including phenoxy) is 1. The summed E-state index contributed by atoms with van der Waals surface area (Å²) in [5.41, 5.74) is -0.502. The summed E-state index contributed by atoms with van der Waals surface area (Å²) in [6.07, 6.45) is 2.47. The van der Waals surface area contributed by atoms with Crippen LogP contribution in [0.1, 0.15) is 32.1 Å². The fourth-order valence-electron chi connectivity index (χ4n) is 5.73. The highest BCUT2D eigenvalue weighted by molar-refractivity contribution is 8.26. The van der Waals surface area contributed by atoms with E-state index in [1.54, 1.807) is 12.3 Å². The molecule has 0 amide bonds. The lowest BCUT2D eigenvalue weighted by Crippen LogP contribution is -2.54. The highest BCUT2D eigenvalue weighted by atomic mass is 32.2. The molecule has 0 radical (unpaired) electrons. The average Bonchev–Trinajstić information content (AvgIpc) is 3.75. The maximum atomic E-state index is 13.9. The van der Waals surface area contributed by atoms with E-state index < -0.39 is 27.1 Å². The second-order valence-electron chi connectivity index (χ2n) is 10.9. The monoisotopic (exact) mass is 546 g/mol. The molecule has 194 valence electrons. The van der Waals surface area contributed by atoms with Crippen LogP contribution in [-0.4, -0.2) is 67.3 Å². The normalized spacial score (nSPS) is 30.4. The number of halogens is 2. The Labute approximate surface area is 216 Å². The molecule has 3 aliphatic heterocycles. The van der Waals surface area contributed by atoms with Crippen LogP contribution in [0.5, 0.6) is 0 Å². The summed E-state index contributed by atoms with van der Waals surface area (Å²) in [6, 6.07) is 5.77. The number of benzene rings is 1. The molecule has 1 aromatic carbocycles. The van der Waals surface area contributed by atoms with Crippen molar-refractivity contribution in [3.05, 3.63) is 18.3 Å². The molecule has 2 aliphatic carbocycles. The Morgan fingerprint density at radius 2 is 2.03 bits per heavy atom. The molecule has 4 N–H and O–H groups in total. The molecule has 9 nitrogen and oxygen atoms in total. The van der Waals surface area contributed by atoms with Gasteiger partial charge in [0.05, 0.1) is 40.7 Å². The largest absolute Gasteiger partial charge is 0.380 e. The Balaban J connectivity index is 1.29. The summed E-state index contributed by atoms with van der Waals surface area (Å²) in [4.78, 5) is 3.02. The third-order valence-corrected chi connectivity index (χ3v) is 12.4. The van der Waals surface area contributed by atoms with Crippen molar-refractivity contribution in [2.45, 2.75) is 49.0 Å². The van der Waals surface area contributed by atoms with Gasteiger partial charge in [-0.3, -0.25) is 10.8 Å². The minimum absolute atomic E-state index is 0.0267. The summed E-state index contributed by atoms with van der Waals surface area (Å²) in [5.74, 6) is 0. The van der Waals surface area contributed by atoms with Crippen LogP contribution in [0.2, 0.25) is 0 Å². The molecule has 0 bridgehead atoms. The minimum Gasteiger partial charge on any atom is -0.380 e. The van der Waals surface area contributed by atoms with Gasteiger partial charge in [-0.15, -0.1) is 0 Å². The van der Waals surface area contributed by atoms with Crippen molar-refractivity contribution in [3.8, 4) is 6.07 Å². The van der Waals surface area contributed by atoms with Gasteiger partial charge in [-0.2, -0.15) is 10.4 Å². The number of alkyl halides is 2. The summed E-state index contributed by atoms with van der Waals surface area (Å²) < 4.78 is 50.6. The lowest BCUT2D eigenvalue weighted by atomic mass is 9.76. The number of nitrogens with two attached hydrogens (primary N) is 1. The van der Waals surface area contributed by atoms with Crippen LogP contribution in [-0.2, 0) is 14.4 Å². The highest BCUT2D eigenvalue weighted by Crippen LogP contribution is 2.51. The molecule has 1 aromatic heterocycles. The van der Waals surface area contributed by atoms with Gasteiger partial charge >= 0.3 is 0 Å². The van der Waals surface area contributed by atoms with Gasteiger partial charge in [0.2, 0.25) is 5.04 Å². The lowest BCUT2D eigenvalue weighted by molar-refractivity contribution is -0.124. The Bertz CT molecular complexity index is 1550. The van der Waals surface area contributed by atoms with Crippen LogP contribution < -0.4 is 15.0 Å². The van der Waals surface area contributed by atoms with Crippen LogP contribution in [0.15, 0.2) is 23.2 Å². The molecule has 7 rings (SSSR count). The molecule has 2 atom stereocenters. The van der Waals surface area contributed by atoms with Crippen LogP contribution in [0.25, 0.3) is 10.9 Å². The van der Waals surface area contributed by atoms with Crippen LogP contribution in [0, 0.1) is 27.6 Å². The number of nitriles is 1. The number of rotatable bonds is 4. The summed E-state index contributed by atoms with van der Waals surface area (Å²) in [7, 11) is -2.96. The molecular weight excluding hydrogens is 520 g/mol. The number of nitrogens with one attached hydrogen (secondary N) is 2. The van der Waals surface area contributed by atoms with Crippen molar-refractivity contribution < 1.29 is 23.1 Å². The summed E-state index contributed by atoms with van der Waals surface area (Å²) >= 11 is 1.000. The van der Waals surface area contributed by atoms with Crippen molar-refractivity contribution in [2.75, 3.05) is 31.2 Å².